The second-order valence-electron chi connectivity index (χ2n) is 3.11. The highest BCUT2D eigenvalue weighted by atomic mass is 15.3. The van der Waals surface area contributed by atoms with Gasteiger partial charge in [-0.15, -0.1) is 0 Å². The highest BCUT2D eigenvalue weighted by Gasteiger charge is 1.89. The Labute approximate surface area is 81.5 Å². The molecule has 0 aliphatic heterocycles. The Morgan fingerprint density at radius 2 is 2.08 bits per heavy atom. The molecule has 0 spiro atoms. The normalized spacial score (nSPS) is 9.85. The van der Waals surface area contributed by atoms with Crippen molar-refractivity contribution in [3.05, 3.63) is 0 Å². The summed E-state index contributed by atoms with van der Waals surface area (Å²) < 4.78 is 0. The number of nitriles is 1. The molecule has 1 radical (unpaired) electrons. The molecule has 1 N–H and O–H groups in total. The van der Waals surface area contributed by atoms with Crippen LogP contribution in [0, 0.1) is 11.3 Å². The fraction of sp³-hybridized carbons (Fsp3) is 0.900. The Bertz CT molecular complexity index is 129. The van der Waals surface area contributed by atoms with Gasteiger partial charge in [-0.05, 0) is 19.3 Å². The van der Waals surface area contributed by atoms with Gasteiger partial charge in [-0.3, -0.25) is 0 Å². The van der Waals surface area contributed by atoms with Gasteiger partial charge in [0.25, 0.3) is 0 Å². The molecule has 3 nitrogen and oxygen atoms in total. The van der Waals surface area contributed by atoms with Crippen molar-refractivity contribution >= 4 is 0 Å². The minimum Gasteiger partial charge on any atom is -0.240 e. The van der Waals surface area contributed by atoms with Crippen molar-refractivity contribution in [3.8, 4) is 6.07 Å². The van der Waals surface area contributed by atoms with E-state index in [0.29, 0.717) is 6.42 Å². The minimum absolute atomic E-state index is 0.684. The van der Waals surface area contributed by atoms with Crippen molar-refractivity contribution in [1.82, 2.24) is 10.9 Å². The Balaban J connectivity index is 2.80. The largest absolute Gasteiger partial charge is 0.240 e. The van der Waals surface area contributed by atoms with Gasteiger partial charge in [-0.2, -0.15) is 10.7 Å². The predicted octanol–water partition coefficient (Wildman–Crippen LogP) is 1.98. The zero-order chi connectivity index (χ0) is 9.78. The van der Waals surface area contributed by atoms with Crippen LogP contribution in [0.2, 0.25) is 0 Å². The molecular formula is C10H20N3. The predicted molar refractivity (Wildman–Crippen MR) is 54.0 cm³/mol. The standard InChI is InChI=1S/C10H20N3/c1-2-3-9-12-13-10-7-5-4-6-8-11/h12H,2-7,9-10H2,1H3. The molecule has 0 bridgehead atoms. The topological polar surface area (TPSA) is 49.9 Å². The molecule has 0 aromatic rings. The van der Waals surface area contributed by atoms with Crippen molar-refractivity contribution in [3.63, 3.8) is 0 Å². The van der Waals surface area contributed by atoms with Crippen LogP contribution in [-0.2, 0) is 0 Å². The molecule has 0 unspecified atom stereocenters. The Morgan fingerprint density at radius 1 is 1.23 bits per heavy atom. The lowest BCUT2D eigenvalue weighted by atomic mass is 10.2. The van der Waals surface area contributed by atoms with E-state index in [1.807, 2.05) is 0 Å². The molecule has 0 aromatic carbocycles. The van der Waals surface area contributed by atoms with E-state index in [1.54, 1.807) is 0 Å². The lowest BCUT2D eigenvalue weighted by Crippen LogP contribution is -2.26. The summed E-state index contributed by atoms with van der Waals surface area (Å²) >= 11 is 0. The van der Waals surface area contributed by atoms with Crippen LogP contribution in [0.25, 0.3) is 0 Å². The van der Waals surface area contributed by atoms with Crippen LogP contribution >= 0.6 is 0 Å². The Morgan fingerprint density at radius 3 is 2.77 bits per heavy atom. The third-order valence-electron chi connectivity index (χ3n) is 1.81. The average molecular weight is 182 g/mol. The minimum atomic E-state index is 0.684. The molecule has 0 aliphatic carbocycles. The summed E-state index contributed by atoms with van der Waals surface area (Å²) in [6.45, 7) is 4.05. The van der Waals surface area contributed by atoms with Crippen molar-refractivity contribution in [1.29, 1.82) is 5.26 Å². The molecule has 0 aliphatic rings. The van der Waals surface area contributed by atoms with Gasteiger partial charge in [0.1, 0.15) is 0 Å². The lowest BCUT2D eigenvalue weighted by molar-refractivity contribution is 0.487. The van der Waals surface area contributed by atoms with E-state index in [4.69, 9.17) is 5.26 Å². The molecule has 13 heavy (non-hydrogen) atoms. The van der Waals surface area contributed by atoms with Crippen LogP contribution < -0.4 is 10.9 Å². The van der Waals surface area contributed by atoms with Gasteiger partial charge < -0.3 is 0 Å². The fourth-order valence-corrected chi connectivity index (χ4v) is 0.986. The molecule has 0 amide bonds. The number of hydrogen-bond donors (Lipinski definition) is 1. The van der Waals surface area contributed by atoms with Crippen molar-refractivity contribution in [2.24, 2.45) is 0 Å². The molecule has 0 fully saturated rings. The smallest absolute Gasteiger partial charge is 0.0621 e. The van der Waals surface area contributed by atoms with Gasteiger partial charge in [-0.1, -0.05) is 19.8 Å². The van der Waals surface area contributed by atoms with E-state index in [0.717, 1.165) is 32.4 Å². The number of nitrogens with zero attached hydrogens (tertiary/aromatic N) is 2. The summed E-state index contributed by atoms with van der Waals surface area (Å²) in [4.78, 5) is 0. The van der Waals surface area contributed by atoms with Crippen LogP contribution in [-0.4, -0.2) is 13.1 Å². The summed E-state index contributed by atoms with van der Waals surface area (Å²) in [5.74, 6) is 0. The highest BCUT2D eigenvalue weighted by Crippen LogP contribution is 1.96. The maximum atomic E-state index is 8.28. The molecule has 0 rings (SSSR count). The van der Waals surface area contributed by atoms with Gasteiger partial charge >= 0.3 is 0 Å². The van der Waals surface area contributed by atoms with Crippen LogP contribution in [0.15, 0.2) is 0 Å². The number of hydrogen-bond acceptors (Lipinski definition) is 2. The van der Waals surface area contributed by atoms with Gasteiger partial charge in [-0.25, -0.2) is 5.43 Å². The number of unbranched alkanes of at least 4 members (excludes halogenated alkanes) is 4. The van der Waals surface area contributed by atoms with E-state index in [2.05, 4.69) is 23.8 Å². The molecular weight excluding hydrogens is 162 g/mol. The summed E-state index contributed by atoms with van der Waals surface area (Å²) in [7, 11) is 0. The Kier molecular flexibility index (Phi) is 10.9. The van der Waals surface area contributed by atoms with Gasteiger partial charge in [0.05, 0.1) is 6.07 Å². The van der Waals surface area contributed by atoms with Crippen molar-refractivity contribution in [2.45, 2.75) is 45.4 Å². The molecule has 3 heteroatoms. The number of nitrogens with one attached hydrogen (secondary N) is 1. The van der Waals surface area contributed by atoms with Gasteiger partial charge in [0.15, 0.2) is 0 Å². The van der Waals surface area contributed by atoms with Crippen LogP contribution in [0.3, 0.4) is 0 Å². The van der Waals surface area contributed by atoms with E-state index in [-0.39, 0.29) is 0 Å². The van der Waals surface area contributed by atoms with Crippen LogP contribution in [0.5, 0.6) is 0 Å². The molecule has 0 heterocycles. The molecule has 0 saturated carbocycles. The van der Waals surface area contributed by atoms with Crippen LogP contribution in [0.1, 0.15) is 45.4 Å². The first kappa shape index (κ1) is 12.4. The zero-order valence-corrected chi connectivity index (χ0v) is 8.55. The lowest BCUT2D eigenvalue weighted by Gasteiger charge is -2.02. The van der Waals surface area contributed by atoms with Crippen molar-refractivity contribution in [2.75, 3.05) is 13.1 Å². The SMILES string of the molecule is CCCCN[N]CCCCCC#N. The second-order valence-corrected chi connectivity index (χ2v) is 3.11. The van der Waals surface area contributed by atoms with Crippen LogP contribution in [0.4, 0.5) is 0 Å². The van der Waals surface area contributed by atoms with E-state index >= 15 is 0 Å². The monoisotopic (exact) mass is 182 g/mol. The molecule has 0 saturated heterocycles. The number of rotatable bonds is 9. The van der Waals surface area contributed by atoms with Gasteiger partial charge in [0, 0.05) is 19.5 Å². The van der Waals surface area contributed by atoms with E-state index < -0.39 is 0 Å². The second kappa shape index (κ2) is 11.4. The fourth-order valence-electron chi connectivity index (χ4n) is 0.986. The average Bonchev–Trinajstić information content (AvgIpc) is 2.16. The maximum Gasteiger partial charge on any atom is 0.0621 e. The first-order valence-electron chi connectivity index (χ1n) is 5.18. The van der Waals surface area contributed by atoms with E-state index in [1.165, 1.54) is 12.8 Å². The summed E-state index contributed by atoms with van der Waals surface area (Å²) in [5.41, 5.74) is 7.21. The summed E-state index contributed by atoms with van der Waals surface area (Å²) in [6.07, 6.45) is 6.32. The highest BCUT2D eigenvalue weighted by molar-refractivity contribution is 4.67. The Hall–Kier alpha value is -0.590. The quantitative estimate of drug-likeness (QED) is 0.438. The molecule has 0 atom stereocenters. The first-order chi connectivity index (χ1) is 6.41. The maximum absolute atomic E-state index is 8.28. The summed E-state index contributed by atoms with van der Waals surface area (Å²) in [6, 6.07) is 2.14. The third-order valence-corrected chi connectivity index (χ3v) is 1.81. The molecule has 0 aromatic heterocycles. The van der Waals surface area contributed by atoms with E-state index in [9.17, 15) is 0 Å². The third kappa shape index (κ3) is 11.4. The molecule has 75 valence electrons. The van der Waals surface area contributed by atoms with Gasteiger partial charge in [0.2, 0.25) is 0 Å². The van der Waals surface area contributed by atoms with Crippen molar-refractivity contribution < 1.29 is 0 Å². The summed E-state index contributed by atoms with van der Waals surface area (Å²) in [5, 5.41) is 8.28. The zero-order valence-electron chi connectivity index (χ0n) is 8.55. The first-order valence-corrected chi connectivity index (χ1v) is 5.18.